The minimum absolute atomic E-state index is 0. The van der Waals surface area contributed by atoms with Crippen LogP contribution in [0.3, 0.4) is 0 Å². The third kappa shape index (κ3) is 7.00. The zero-order valence-electron chi connectivity index (χ0n) is 16.0. The fourth-order valence-electron chi connectivity index (χ4n) is 3.10. The van der Waals surface area contributed by atoms with E-state index < -0.39 is 0 Å². The van der Waals surface area contributed by atoms with E-state index in [9.17, 15) is 0 Å². The Morgan fingerprint density at radius 3 is 2.74 bits per heavy atom. The lowest BCUT2D eigenvalue weighted by atomic mass is 10.1. The first-order valence-electron chi connectivity index (χ1n) is 9.30. The first kappa shape index (κ1) is 22.0. The number of aromatic nitrogens is 2. The second-order valence-corrected chi connectivity index (χ2v) is 7.72. The van der Waals surface area contributed by atoms with Crippen LogP contribution >= 0.6 is 35.3 Å². The minimum atomic E-state index is 0. The molecule has 1 aliphatic heterocycles. The van der Waals surface area contributed by atoms with Crippen LogP contribution in [0.15, 0.2) is 35.6 Å². The van der Waals surface area contributed by atoms with E-state index in [4.69, 9.17) is 0 Å². The molecule has 0 bridgehead atoms. The summed E-state index contributed by atoms with van der Waals surface area (Å²) in [4.78, 5) is 17.0. The smallest absolute Gasteiger partial charge is 0.191 e. The molecule has 2 aromatic heterocycles. The van der Waals surface area contributed by atoms with Gasteiger partial charge in [-0.25, -0.2) is 4.98 Å². The molecule has 6 nitrogen and oxygen atoms in total. The topological polar surface area (TPSA) is 65.4 Å². The zero-order valence-corrected chi connectivity index (χ0v) is 19.2. The van der Waals surface area contributed by atoms with E-state index >= 15 is 0 Å². The number of hydrogen-bond donors (Lipinski definition) is 2. The molecule has 0 aromatic carbocycles. The summed E-state index contributed by atoms with van der Waals surface area (Å²) in [6.45, 7) is 5.98. The summed E-state index contributed by atoms with van der Waals surface area (Å²) in [6.07, 6.45) is 7.11. The van der Waals surface area contributed by atoms with E-state index in [-0.39, 0.29) is 24.0 Å². The molecule has 8 heteroatoms. The molecule has 1 aliphatic rings. The van der Waals surface area contributed by atoms with Crippen molar-refractivity contribution in [3.8, 4) is 0 Å². The molecule has 0 spiro atoms. The Balaban J connectivity index is 0.00000261. The molecule has 1 fully saturated rings. The average molecular weight is 500 g/mol. The van der Waals surface area contributed by atoms with Crippen LogP contribution < -0.4 is 10.6 Å². The molecule has 148 valence electrons. The van der Waals surface area contributed by atoms with Crippen molar-refractivity contribution in [1.82, 2.24) is 25.5 Å². The molecule has 3 rings (SSSR count). The van der Waals surface area contributed by atoms with Gasteiger partial charge in [0.25, 0.3) is 0 Å². The zero-order chi connectivity index (χ0) is 18.2. The molecule has 2 aromatic rings. The van der Waals surface area contributed by atoms with Crippen molar-refractivity contribution in [2.24, 2.45) is 4.99 Å². The third-order valence-electron chi connectivity index (χ3n) is 4.62. The molecule has 0 radical (unpaired) electrons. The van der Waals surface area contributed by atoms with Crippen LogP contribution in [0, 0.1) is 0 Å². The standard InChI is InChI=1S/C19H28N6S.HI/c1-3-17-12-22-18(26-17)13-23-19(20-2)24-15-7-10-25(11-8-15)14-16-6-4-5-9-21-16;/h4-6,9,12,15H,3,7-8,10-11,13-14H2,1-2H3,(H2,20,23,24);1H. The number of hydrogen-bond acceptors (Lipinski definition) is 5. The average Bonchev–Trinajstić information content (AvgIpc) is 3.15. The van der Waals surface area contributed by atoms with Crippen LogP contribution in [0.25, 0.3) is 0 Å². The minimum Gasteiger partial charge on any atom is -0.354 e. The number of aryl methyl sites for hydroxylation is 1. The predicted molar refractivity (Wildman–Crippen MR) is 123 cm³/mol. The van der Waals surface area contributed by atoms with Crippen molar-refractivity contribution in [3.05, 3.63) is 46.2 Å². The van der Waals surface area contributed by atoms with Gasteiger partial charge in [-0.05, 0) is 31.4 Å². The number of nitrogens with zero attached hydrogens (tertiary/aromatic N) is 4. The number of likely N-dealkylation sites (tertiary alicyclic amines) is 1. The first-order valence-corrected chi connectivity index (χ1v) is 10.1. The largest absolute Gasteiger partial charge is 0.354 e. The molecule has 0 saturated carbocycles. The lowest BCUT2D eigenvalue weighted by Gasteiger charge is -2.32. The SMILES string of the molecule is CCc1cnc(CNC(=NC)NC2CCN(Cc3ccccn3)CC2)s1.I. The number of halogens is 1. The van der Waals surface area contributed by atoms with Gasteiger partial charge in [-0.1, -0.05) is 13.0 Å². The van der Waals surface area contributed by atoms with Crippen LogP contribution in [0.4, 0.5) is 0 Å². The van der Waals surface area contributed by atoms with Gasteiger partial charge in [0, 0.05) is 50.0 Å². The molecular weight excluding hydrogens is 471 g/mol. The second-order valence-electron chi connectivity index (χ2n) is 6.52. The highest BCUT2D eigenvalue weighted by atomic mass is 127. The summed E-state index contributed by atoms with van der Waals surface area (Å²) in [5.74, 6) is 0.862. The highest BCUT2D eigenvalue weighted by Crippen LogP contribution is 2.14. The number of aliphatic imine (C=N–C) groups is 1. The maximum Gasteiger partial charge on any atom is 0.191 e. The molecule has 27 heavy (non-hydrogen) atoms. The number of thiazole rings is 1. The highest BCUT2D eigenvalue weighted by Gasteiger charge is 2.20. The fraction of sp³-hybridized carbons (Fsp3) is 0.526. The number of rotatable bonds is 6. The number of guanidine groups is 1. The van der Waals surface area contributed by atoms with Gasteiger partial charge in [0.1, 0.15) is 5.01 Å². The van der Waals surface area contributed by atoms with Crippen molar-refractivity contribution in [3.63, 3.8) is 0 Å². The lowest BCUT2D eigenvalue weighted by molar-refractivity contribution is 0.196. The van der Waals surface area contributed by atoms with Gasteiger partial charge in [0.05, 0.1) is 12.2 Å². The van der Waals surface area contributed by atoms with Crippen molar-refractivity contribution in [2.75, 3.05) is 20.1 Å². The van der Waals surface area contributed by atoms with Gasteiger partial charge in [-0.2, -0.15) is 0 Å². The van der Waals surface area contributed by atoms with Crippen LogP contribution in [0.5, 0.6) is 0 Å². The van der Waals surface area contributed by atoms with Crippen LogP contribution in [-0.2, 0) is 19.5 Å². The summed E-state index contributed by atoms with van der Waals surface area (Å²) in [7, 11) is 1.82. The van der Waals surface area contributed by atoms with Gasteiger partial charge in [-0.3, -0.25) is 14.9 Å². The van der Waals surface area contributed by atoms with E-state index in [1.165, 1.54) is 4.88 Å². The summed E-state index contributed by atoms with van der Waals surface area (Å²) in [6, 6.07) is 6.58. The molecule has 2 N–H and O–H groups in total. The van der Waals surface area contributed by atoms with Crippen molar-refractivity contribution < 1.29 is 0 Å². The Hall–Kier alpha value is -1.26. The highest BCUT2D eigenvalue weighted by molar-refractivity contribution is 14.0. The Morgan fingerprint density at radius 2 is 2.11 bits per heavy atom. The van der Waals surface area contributed by atoms with Gasteiger partial charge in [0.15, 0.2) is 5.96 Å². The number of piperidine rings is 1. The molecule has 0 unspecified atom stereocenters. The first-order chi connectivity index (χ1) is 12.8. The molecular formula is C19H29IN6S. The van der Waals surface area contributed by atoms with E-state index in [0.29, 0.717) is 6.04 Å². The Labute approximate surface area is 182 Å². The molecule has 0 amide bonds. The summed E-state index contributed by atoms with van der Waals surface area (Å²) in [5, 5.41) is 8.05. The van der Waals surface area contributed by atoms with Crippen LogP contribution in [-0.4, -0.2) is 47.0 Å². The molecule has 1 saturated heterocycles. The maximum absolute atomic E-state index is 4.45. The predicted octanol–water partition coefficient (Wildman–Crippen LogP) is 3.05. The van der Waals surface area contributed by atoms with E-state index in [2.05, 4.69) is 49.6 Å². The van der Waals surface area contributed by atoms with Crippen molar-refractivity contribution in [2.45, 2.75) is 45.3 Å². The van der Waals surface area contributed by atoms with E-state index in [1.807, 2.05) is 25.5 Å². The summed E-state index contributed by atoms with van der Waals surface area (Å²) >= 11 is 1.76. The lowest BCUT2D eigenvalue weighted by Crippen LogP contribution is -2.48. The molecule has 3 heterocycles. The Kier molecular flexibility index (Phi) is 9.43. The maximum atomic E-state index is 4.45. The van der Waals surface area contributed by atoms with Gasteiger partial charge >= 0.3 is 0 Å². The normalized spacial score (nSPS) is 16.0. The van der Waals surface area contributed by atoms with Crippen molar-refractivity contribution >= 4 is 41.3 Å². The Bertz CT molecular complexity index is 697. The fourth-order valence-corrected chi connectivity index (χ4v) is 3.90. The van der Waals surface area contributed by atoms with Gasteiger partial charge in [-0.15, -0.1) is 35.3 Å². The summed E-state index contributed by atoms with van der Waals surface area (Å²) in [5.41, 5.74) is 1.14. The van der Waals surface area contributed by atoms with Crippen molar-refractivity contribution in [1.29, 1.82) is 0 Å². The molecule has 0 atom stereocenters. The van der Waals surface area contributed by atoms with Crippen LogP contribution in [0.1, 0.15) is 35.3 Å². The van der Waals surface area contributed by atoms with Gasteiger partial charge < -0.3 is 10.6 Å². The quantitative estimate of drug-likeness (QED) is 0.363. The van der Waals surface area contributed by atoms with Gasteiger partial charge in [0.2, 0.25) is 0 Å². The number of pyridine rings is 1. The van der Waals surface area contributed by atoms with Crippen LogP contribution in [0.2, 0.25) is 0 Å². The molecule has 0 aliphatic carbocycles. The van der Waals surface area contributed by atoms with E-state index in [0.717, 1.165) is 62.1 Å². The number of nitrogens with one attached hydrogen (secondary N) is 2. The third-order valence-corrected chi connectivity index (χ3v) is 5.76. The summed E-state index contributed by atoms with van der Waals surface area (Å²) < 4.78 is 0. The second kappa shape index (κ2) is 11.6. The van der Waals surface area contributed by atoms with E-state index in [1.54, 1.807) is 11.3 Å². The Morgan fingerprint density at radius 1 is 1.30 bits per heavy atom. The monoisotopic (exact) mass is 500 g/mol.